The molecule has 0 saturated carbocycles. The number of nitrogens with zero attached hydrogens (tertiary/aromatic N) is 3. The normalized spacial score (nSPS) is 10.7. The van der Waals surface area contributed by atoms with Crippen LogP contribution in [0.15, 0.2) is 67.3 Å². The fourth-order valence-corrected chi connectivity index (χ4v) is 2.51. The number of hydrogen-bond acceptors (Lipinski definition) is 2. The molecule has 0 atom stereocenters. The zero-order valence-electron chi connectivity index (χ0n) is 13.4. The zero-order valence-corrected chi connectivity index (χ0v) is 13.4. The number of rotatable bonds is 7. The van der Waals surface area contributed by atoms with Crippen molar-refractivity contribution in [1.82, 2.24) is 9.78 Å². The van der Waals surface area contributed by atoms with Gasteiger partial charge in [0.2, 0.25) is 6.33 Å². The largest absolute Gasteiger partial charge is 0.493 e. The molecular weight excluding hydrogens is 286 g/mol. The predicted octanol–water partition coefficient (Wildman–Crippen LogP) is 3.00. The van der Waals surface area contributed by atoms with Gasteiger partial charge in [-0.3, -0.25) is 0 Å². The highest BCUT2D eigenvalue weighted by atomic mass is 16.5. The maximum absolute atomic E-state index is 5.70. The Hall–Kier alpha value is -2.62. The first-order valence-corrected chi connectivity index (χ1v) is 7.94. The van der Waals surface area contributed by atoms with Gasteiger partial charge in [0.25, 0.3) is 6.33 Å². The average Bonchev–Trinajstić information content (AvgIpc) is 3.00. The van der Waals surface area contributed by atoms with Gasteiger partial charge < -0.3 is 4.74 Å². The van der Waals surface area contributed by atoms with E-state index in [-0.39, 0.29) is 0 Å². The van der Waals surface area contributed by atoms with E-state index in [2.05, 4.69) is 40.9 Å². The second-order valence-electron chi connectivity index (χ2n) is 5.69. The Morgan fingerprint density at radius 2 is 1.96 bits per heavy atom. The zero-order chi connectivity index (χ0) is 15.9. The van der Waals surface area contributed by atoms with E-state index < -0.39 is 0 Å². The molecule has 118 valence electrons. The molecule has 0 aliphatic heterocycles. The van der Waals surface area contributed by atoms with Crippen molar-refractivity contribution in [2.45, 2.75) is 26.4 Å². The number of hydrogen-bond donors (Lipinski definition) is 0. The molecule has 3 aromatic rings. The van der Waals surface area contributed by atoms with Crippen molar-refractivity contribution < 1.29 is 9.30 Å². The summed E-state index contributed by atoms with van der Waals surface area (Å²) >= 11 is 0. The summed E-state index contributed by atoms with van der Waals surface area (Å²) in [7, 11) is 0. The van der Waals surface area contributed by atoms with Crippen molar-refractivity contribution in [3.8, 4) is 5.75 Å². The molecule has 0 amide bonds. The van der Waals surface area contributed by atoms with Gasteiger partial charge in [0, 0.05) is 11.5 Å². The van der Waals surface area contributed by atoms with Crippen LogP contribution in [0.25, 0.3) is 0 Å². The molecule has 0 N–H and O–H groups in total. The van der Waals surface area contributed by atoms with Gasteiger partial charge >= 0.3 is 0 Å². The number of ether oxygens (including phenoxy) is 1. The average molecular weight is 308 g/mol. The lowest BCUT2D eigenvalue weighted by atomic mass is 10.1. The molecule has 0 unspecified atom stereocenters. The Labute approximate surface area is 137 Å². The van der Waals surface area contributed by atoms with Gasteiger partial charge in [0.15, 0.2) is 0 Å². The van der Waals surface area contributed by atoms with E-state index in [0.29, 0.717) is 6.61 Å². The Balaban J connectivity index is 1.46. The van der Waals surface area contributed by atoms with Crippen LogP contribution in [-0.2, 0) is 13.1 Å². The smallest absolute Gasteiger partial charge is 0.265 e. The van der Waals surface area contributed by atoms with Gasteiger partial charge in [-0.15, -0.1) is 4.68 Å². The van der Waals surface area contributed by atoms with Crippen LogP contribution in [0.3, 0.4) is 0 Å². The minimum Gasteiger partial charge on any atom is -0.493 e. The third-order valence-corrected chi connectivity index (χ3v) is 3.63. The molecule has 0 aliphatic rings. The lowest BCUT2D eigenvalue weighted by molar-refractivity contribution is -0.698. The highest BCUT2D eigenvalue weighted by Gasteiger charge is 2.06. The maximum Gasteiger partial charge on any atom is 0.265 e. The summed E-state index contributed by atoms with van der Waals surface area (Å²) in [5.41, 5.74) is 2.55. The molecule has 0 bridgehead atoms. The van der Waals surface area contributed by atoms with E-state index >= 15 is 0 Å². The fraction of sp³-hybridized carbons (Fsp3) is 0.263. The molecular formula is C19H22N3O+. The molecule has 1 aromatic heterocycles. The van der Waals surface area contributed by atoms with Crippen LogP contribution >= 0.6 is 0 Å². The van der Waals surface area contributed by atoms with Gasteiger partial charge in [0.1, 0.15) is 12.3 Å². The number of para-hydroxylation sites is 1. The first-order chi connectivity index (χ1) is 11.3. The van der Waals surface area contributed by atoms with Crippen LogP contribution in [-0.4, -0.2) is 16.4 Å². The Bertz CT molecular complexity index is 737. The monoisotopic (exact) mass is 308 g/mol. The van der Waals surface area contributed by atoms with Gasteiger partial charge in [-0.2, -0.15) is 0 Å². The summed E-state index contributed by atoms with van der Waals surface area (Å²) in [5.74, 6) is 0.924. The van der Waals surface area contributed by atoms with Crippen LogP contribution in [0.5, 0.6) is 5.75 Å². The van der Waals surface area contributed by atoms with E-state index in [4.69, 9.17) is 4.74 Å². The molecule has 0 saturated heterocycles. The van der Waals surface area contributed by atoms with Crippen molar-refractivity contribution >= 4 is 0 Å². The standard InChI is InChI=1S/C19H22N3O/c1-17-7-5-8-18(13-17)14-22-16-21(15-20-22)11-6-12-23-19-9-3-2-4-10-19/h2-5,7-10,13,15-16H,6,11-12,14H2,1H3/q+1. The summed E-state index contributed by atoms with van der Waals surface area (Å²) in [5, 5.41) is 4.42. The number of aryl methyl sites for hydroxylation is 2. The second-order valence-corrected chi connectivity index (χ2v) is 5.69. The summed E-state index contributed by atoms with van der Waals surface area (Å²) in [6, 6.07) is 18.4. The summed E-state index contributed by atoms with van der Waals surface area (Å²) in [4.78, 5) is 0. The van der Waals surface area contributed by atoms with E-state index in [1.165, 1.54) is 11.1 Å². The van der Waals surface area contributed by atoms with Crippen molar-refractivity contribution in [3.63, 3.8) is 0 Å². The van der Waals surface area contributed by atoms with Crippen LogP contribution < -0.4 is 9.30 Å². The molecule has 23 heavy (non-hydrogen) atoms. The lowest BCUT2D eigenvalue weighted by Gasteiger charge is -2.04. The summed E-state index contributed by atoms with van der Waals surface area (Å²) in [6.45, 7) is 4.52. The van der Waals surface area contributed by atoms with Crippen molar-refractivity contribution in [2.75, 3.05) is 6.61 Å². The minimum atomic E-state index is 0.708. The minimum absolute atomic E-state index is 0.708. The SMILES string of the molecule is Cc1cccc(Cn2c[n+](CCCOc3ccccc3)cn2)c1. The third-order valence-electron chi connectivity index (χ3n) is 3.63. The van der Waals surface area contributed by atoms with Crippen molar-refractivity contribution in [2.24, 2.45) is 0 Å². The summed E-state index contributed by atoms with van der Waals surface area (Å²) in [6.07, 6.45) is 4.87. The molecule has 0 aliphatic carbocycles. The number of benzene rings is 2. The second kappa shape index (κ2) is 7.58. The van der Waals surface area contributed by atoms with Gasteiger partial charge in [-0.05, 0) is 24.6 Å². The van der Waals surface area contributed by atoms with E-state index in [0.717, 1.165) is 25.3 Å². The van der Waals surface area contributed by atoms with Gasteiger partial charge in [-0.1, -0.05) is 48.0 Å². The molecule has 4 heteroatoms. The van der Waals surface area contributed by atoms with Crippen LogP contribution in [0, 0.1) is 6.92 Å². The van der Waals surface area contributed by atoms with Crippen LogP contribution in [0.4, 0.5) is 0 Å². The molecule has 0 spiro atoms. The number of aromatic nitrogens is 3. The predicted molar refractivity (Wildman–Crippen MR) is 89.3 cm³/mol. The fourth-order valence-electron chi connectivity index (χ4n) is 2.51. The van der Waals surface area contributed by atoms with Crippen molar-refractivity contribution in [1.29, 1.82) is 0 Å². The molecule has 0 radical (unpaired) electrons. The topological polar surface area (TPSA) is 30.9 Å². The Morgan fingerprint density at radius 1 is 1.09 bits per heavy atom. The molecule has 3 rings (SSSR count). The van der Waals surface area contributed by atoms with Crippen LogP contribution in [0.1, 0.15) is 17.5 Å². The van der Waals surface area contributed by atoms with E-state index in [1.54, 1.807) is 0 Å². The van der Waals surface area contributed by atoms with Gasteiger partial charge in [0.05, 0.1) is 13.2 Å². The first-order valence-electron chi connectivity index (χ1n) is 7.94. The third kappa shape index (κ3) is 4.68. The Kier molecular flexibility index (Phi) is 5.04. The highest BCUT2D eigenvalue weighted by Crippen LogP contribution is 2.08. The Morgan fingerprint density at radius 3 is 2.78 bits per heavy atom. The lowest BCUT2D eigenvalue weighted by Crippen LogP contribution is -2.32. The van der Waals surface area contributed by atoms with Crippen molar-refractivity contribution in [3.05, 3.63) is 78.4 Å². The van der Waals surface area contributed by atoms with E-state index in [1.807, 2.05) is 47.7 Å². The first kappa shape index (κ1) is 15.3. The highest BCUT2D eigenvalue weighted by molar-refractivity contribution is 5.22. The maximum atomic E-state index is 5.70. The quantitative estimate of drug-likeness (QED) is 0.496. The molecule has 1 heterocycles. The summed E-state index contributed by atoms with van der Waals surface area (Å²) < 4.78 is 9.77. The van der Waals surface area contributed by atoms with E-state index in [9.17, 15) is 0 Å². The van der Waals surface area contributed by atoms with Crippen LogP contribution in [0.2, 0.25) is 0 Å². The molecule has 0 fully saturated rings. The molecule has 2 aromatic carbocycles. The van der Waals surface area contributed by atoms with Gasteiger partial charge in [-0.25, -0.2) is 4.57 Å². The molecule has 4 nitrogen and oxygen atoms in total.